The van der Waals surface area contributed by atoms with Crippen LogP contribution in [0.15, 0.2) is 30.3 Å². The minimum absolute atomic E-state index is 0.352. The number of hydrogen-bond acceptors (Lipinski definition) is 3. The van der Waals surface area contributed by atoms with Crippen LogP contribution in [0.3, 0.4) is 0 Å². The Balaban J connectivity index is 2.36. The third-order valence-electron chi connectivity index (χ3n) is 3.01. The van der Waals surface area contributed by atoms with Gasteiger partial charge in [0.1, 0.15) is 12.4 Å². The summed E-state index contributed by atoms with van der Waals surface area (Å²) in [5.74, 6) is 1.45. The molecule has 0 aromatic heterocycles. The van der Waals surface area contributed by atoms with E-state index in [2.05, 4.69) is 12.2 Å². The van der Waals surface area contributed by atoms with E-state index < -0.39 is 0 Å². The number of rotatable bonds is 8. The van der Waals surface area contributed by atoms with Crippen LogP contribution in [0.4, 0.5) is 0 Å². The van der Waals surface area contributed by atoms with Crippen molar-refractivity contribution in [2.24, 2.45) is 5.92 Å². The molecule has 0 fully saturated rings. The minimum Gasteiger partial charge on any atom is -0.492 e. The lowest BCUT2D eigenvalue weighted by Gasteiger charge is -2.23. The topological polar surface area (TPSA) is 30.5 Å². The van der Waals surface area contributed by atoms with Gasteiger partial charge in [-0.25, -0.2) is 0 Å². The van der Waals surface area contributed by atoms with Crippen LogP contribution in [0.1, 0.15) is 13.3 Å². The van der Waals surface area contributed by atoms with Crippen LogP contribution in [0.5, 0.6) is 5.75 Å². The molecule has 2 unspecified atom stereocenters. The zero-order valence-electron chi connectivity index (χ0n) is 11.0. The number of para-hydroxylation sites is 1. The molecule has 1 aromatic carbocycles. The number of hydrogen-bond donors (Lipinski definition) is 1. The van der Waals surface area contributed by atoms with E-state index >= 15 is 0 Å². The van der Waals surface area contributed by atoms with Gasteiger partial charge in [-0.1, -0.05) is 25.1 Å². The summed E-state index contributed by atoms with van der Waals surface area (Å²) in [5.41, 5.74) is 0. The average Bonchev–Trinajstić information content (AvgIpc) is 2.38. The van der Waals surface area contributed by atoms with Crippen molar-refractivity contribution in [1.82, 2.24) is 5.32 Å². The summed E-state index contributed by atoms with van der Waals surface area (Å²) in [6.07, 6.45) is 1.04. The minimum atomic E-state index is 0.352. The highest BCUT2D eigenvalue weighted by Crippen LogP contribution is 2.12. The van der Waals surface area contributed by atoms with E-state index in [1.807, 2.05) is 37.4 Å². The summed E-state index contributed by atoms with van der Waals surface area (Å²) < 4.78 is 10.9. The molecule has 0 saturated heterocycles. The van der Waals surface area contributed by atoms with Crippen molar-refractivity contribution < 1.29 is 9.47 Å². The number of ether oxygens (including phenoxy) is 2. The summed E-state index contributed by atoms with van der Waals surface area (Å²) >= 11 is 0. The molecule has 0 bridgehead atoms. The van der Waals surface area contributed by atoms with E-state index in [0.717, 1.165) is 18.8 Å². The van der Waals surface area contributed by atoms with Gasteiger partial charge in [-0.2, -0.15) is 0 Å². The number of likely N-dealkylation sites (N-methyl/N-ethyl adjacent to an activating group) is 1. The van der Waals surface area contributed by atoms with Crippen LogP contribution in [0, 0.1) is 5.92 Å². The second-order valence-corrected chi connectivity index (χ2v) is 4.28. The molecule has 1 aromatic rings. The Hall–Kier alpha value is -1.06. The van der Waals surface area contributed by atoms with Crippen molar-refractivity contribution in [3.8, 4) is 5.75 Å². The second-order valence-electron chi connectivity index (χ2n) is 4.28. The highest BCUT2D eigenvalue weighted by atomic mass is 16.5. The maximum Gasteiger partial charge on any atom is 0.119 e. The molecular formula is C14H23NO2. The predicted octanol–water partition coefficient (Wildman–Crippen LogP) is 2.33. The molecular weight excluding hydrogens is 214 g/mol. The van der Waals surface area contributed by atoms with Crippen LogP contribution in [-0.4, -0.2) is 33.4 Å². The lowest BCUT2D eigenvalue weighted by Crippen LogP contribution is -2.38. The molecule has 96 valence electrons. The van der Waals surface area contributed by atoms with Gasteiger partial charge in [0, 0.05) is 19.8 Å². The summed E-state index contributed by atoms with van der Waals surface area (Å²) in [7, 11) is 3.71. The fourth-order valence-electron chi connectivity index (χ4n) is 1.74. The Morgan fingerprint density at radius 2 is 1.94 bits per heavy atom. The van der Waals surface area contributed by atoms with Gasteiger partial charge in [-0.3, -0.25) is 0 Å². The monoisotopic (exact) mass is 237 g/mol. The second kappa shape index (κ2) is 8.09. The fraction of sp³-hybridized carbons (Fsp3) is 0.571. The number of nitrogens with one attached hydrogen (secondary N) is 1. The molecule has 0 amide bonds. The predicted molar refractivity (Wildman–Crippen MR) is 70.4 cm³/mol. The first kappa shape index (κ1) is 14.0. The molecule has 1 rings (SSSR count). The van der Waals surface area contributed by atoms with Gasteiger partial charge in [0.25, 0.3) is 0 Å². The van der Waals surface area contributed by atoms with Gasteiger partial charge >= 0.3 is 0 Å². The average molecular weight is 237 g/mol. The van der Waals surface area contributed by atoms with Gasteiger partial charge in [-0.15, -0.1) is 0 Å². The summed E-state index contributed by atoms with van der Waals surface area (Å²) in [5, 5.41) is 3.30. The fourth-order valence-corrected chi connectivity index (χ4v) is 1.74. The Morgan fingerprint density at radius 1 is 1.24 bits per heavy atom. The van der Waals surface area contributed by atoms with Crippen LogP contribution in [-0.2, 0) is 4.74 Å². The molecule has 0 aliphatic heterocycles. The Bertz CT molecular complexity index is 290. The Morgan fingerprint density at radius 3 is 2.53 bits per heavy atom. The molecule has 0 saturated carbocycles. The zero-order valence-corrected chi connectivity index (χ0v) is 11.0. The van der Waals surface area contributed by atoms with E-state index in [0.29, 0.717) is 18.6 Å². The van der Waals surface area contributed by atoms with Crippen LogP contribution < -0.4 is 10.1 Å². The van der Waals surface area contributed by atoms with Gasteiger partial charge < -0.3 is 14.8 Å². The molecule has 3 heteroatoms. The molecule has 0 aliphatic rings. The Labute approximate surface area is 104 Å². The van der Waals surface area contributed by atoms with E-state index in [1.54, 1.807) is 7.11 Å². The molecule has 0 radical (unpaired) electrons. The van der Waals surface area contributed by atoms with Crippen molar-refractivity contribution in [1.29, 1.82) is 0 Å². The maximum atomic E-state index is 5.76. The SMILES string of the molecule is CNC(COc1ccccc1)C(C)CCOC. The van der Waals surface area contributed by atoms with Crippen LogP contribution in [0.2, 0.25) is 0 Å². The summed E-state index contributed by atoms with van der Waals surface area (Å²) in [4.78, 5) is 0. The van der Waals surface area contributed by atoms with Gasteiger partial charge in [0.05, 0.1) is 0 Å². The molecule has 0 heterocycles. The number of benzene rings is 1. The molecule has 1 N–H and O–H groups in total. The van der Waals surface area contributed by atoms with E-state index in [-0.39, 0.29) is 0 Å². The van der Waals surface area contributed by atoms with Crippen molar-refractivity contribution in [3.63, 3.8) is 0 Å². The van der Waals surface area contributed by atoms with Crippen LogP contribution >= 0.6 is 0 Å². The van der Waals surface area contributed by atoms with Crippen molar-refractivity contribution in [3.05, 3.63) is 30.3 Å². The van der Waals surface area contributed by atoms with Crippen molar-refractivity contribution >= 4 is 0 Å². The largest absolute Gasteiger partial charge is 0.492 e. The molecule has 17 heavy (non-hydrogen) atoms. The van der Waals surface area contributed by atoms with Gasteiger partial charge in [0.15, 0.2) is 0 Å². The lowest BCUT2D eigenvalue weighted by atomic mass is 9.99. The normalized spacial score (nSPS) is 14.3. The molecule has 0 aliphatic carbocycles. The first-order chi connectivity index (χ1) is 8.27. The van der Waals surface area contributed by atoms with Crippen molar-refractivity contribution in [2.75, 3.05) is 27.4 Å². The van der Waals surface area contributed by atoms with Crippen LogP contribution in [0.25, 0.3) is 0 Å². The Kier molecular flexibility index (Phi) is 6.67. The van der Waals surface area contributed by atoms with E-state index in [9.17, 15) is 0 Å². The lowest BCUT2D eigenvalue weighted by molar-refractivity contribution is 0.156. The first-order valence-corrected chi connectivity index (χ1v) is 6.12. The molecule has 2 atom stereocenters. The highest BCUT2D eigenvalue weighted by Gasteiger charge is 2.15. The third kappa shape index (κ3) is 5.20. The standard InChI is InChI=1S/C14H23NO2/c1-12(9-10-16-3)14(15-2)11-17-13-7-5-4-6-8-13/h4-8,12,14-15H,9-11H2,1-3H3. The summed E-state index contributed by atoms with van der Waals surface area (Å²) in [6, 6.07) is 10.3. The molecule has 3 nitrogen and oxygen atoms in total. The number of methoxy groups -OCH3 is 1. The zero-order chi connectivity index (χ0) is 12.5. The van der Waals surface area contributed by atoms with E-state index in [4.69, 9.17) is 9.47 Å². The molecule has 0 spiro atoms. The maximum absolute atomic E-state index is 5.76. The highest BCUT2D eigenvalue weighted by molar-refractivity contribution is 5.20. The van der Waals surface area contributed by atoms with E-state index in [1.165, 1.54) is 0 Å². The van der Waals surface area contributed by atoms with Crippen molar-refractivity contribution in [2.45, 2.75) is 19.4 Å². The smallest absolute Gasteiger partial charge is 0.119 e. The third-order valence-corrected chi connectivity index (χ3v) is 3.01. The first-order valence-electron chi connectivity index (χ1n) is 6.12. The van der Waals surface area contributed by atoms with Gasteiger partial charge in [0.2, 0.25) is 0 Å². The summed E-state index contributed by atoms with van der Waals surface area (Å²) in [6.45, 7) is 3.70. The quantitative estimate of drug-likeness (QED) is 0.752. The van der Waals surface area contributed by atoms with Gasteiger partial charge in [-0.05, 0) is 31.5 Å².